The number of hydrogen-bond donors (Lipinski definition) is 2. The molecule has 7 nitrogen and oxygen atoms in total. The number of aryl methyl sites for hydroxylation is 2. The van der Waals surface area contributed by atoms with Crippen molar-refractivity contribution in [1.29, 1.82) is 0 Å². The van der Waals surface area contributed by atoms with Crippen LogP contribution in [-0.2, 0) is 0 Å². The molecule has 7 heteroatoms. The molecule has 2 aliphatic carbocycles. The van der Waals surface area contributed by atoms with Crippen LogP contribution >= 0.6 is 0 Å². The summed E-state index contributed by atoms with van der Waals surface area (Å²) in [6.07, 6.45) is 7.24. The van der Waals surface area contributed by atoms with Crippen LogP contribution in [-0.4, -0.2) is 33.6 Å². The van der Waals surface area contributed by atoms with Gasteiger partial charge in [-0.2, -0.15) is 4.98 Å². The van der Waals surface area contributed by atoms with Crippen molar-refractivity contribution in [1.82, 2.24) is 15.0 Å². The van der Waals surface area contributed by atoms with Gasteiger partial charge in [0.05, 0.1) is 23.6 Å². The second-order valence-electron chi connectivity index (χ2n) is 10.3. The van der Waals surface area contributed by atoms with Crippen LogP contribution in [0.4, 0.5) is 11.8 Å². The van der Waals surface area contributed by atoms with Crippen molar-refractivity contribution >= 4 is 22.7 Å². The van der Waals surface area contributed by atoms with E-state index < -0.39 is 0 Å². The zero-order valence-corrected chi connectivity index (χ0v) is 21.1. The highest BCUT2D eigenvalue weighted by Crippen LogP contribution is 2.39. The van der Waals surface area contributed by atoms with E-state index in [2.05, 4.69) is 35.5 Å². The highest BCUT2D eigenvalue weighted by Gasteiger charge is 2.29. The smallest absolute Gasteiger partial charge is 0.225 e. The van der Waals surface area contributed by atoms with Crippen LogP contribution in [0.2, 0.25) is 0 Å². The molecule has 182 valence electrons. The van der Waals surface area contributed by atoms with Gasteiger partial charge in [-0.05, 0) is 77.2 Å². The summed E-state index contributed by atoms with van der Waals surface area (Å²) >= 11 is 0. The van der Waals surface area contributed by atoms with Crippen LogP contribution in [0.15, 0.2) is 16.5 Å². The van der Waals surface area contributed by atoms with E-state index in [1.165, 1.54) is 32.1 Å². The molecule has 0 amide bonds. The minimum absolute atomic E-state index is 0.411. The molecule has 2 unspecified atom stereocenters. The lowest BCUT2D eigenvalue weighted by atomic mass is 9.93. The molecule has 3 aromatic rings. The maximum atomic E-state index is 6.36. The standard InChI is InChI=1S/C27H37N5O2/c1-6-33-23-14-19-13-22(34-25(19)17(5)28-23)24-16(4)29-27(31-20-8-7-9-20)32-26(24)30-21-11-10-18(12-21)15(2)3/h13-15,18,20-21H,6-12H2,1-5H3,(H2,29,30,31,32). The molecule has 2 saturated carbocycles. The molecule has 0 aliphatic heterocycles. The molecular formula is C27H37N5O2. The summed E-state index contributed by atoms with van der Waals surface area (Å²) in [5.74, 6) is 4.42. The minimum Gasteiger partial charge on any atom is -0.478 e. The number of aromatic nitrogens is 3. The van der Waals surface area contributed by atoms with Crippen molar-refractivity contribution in [2.45, 2.75) is 85.2 Å². The highest BCUT2D eigenvalue weighted by atomic mass is 16.5. The zero-order valence-electron chi connectivity index (χ0n) is 21.1. The van der Waals surface area contributed by atoms with Crippen LogP contribution in [0.3, 0.4) is 0 Å². The lowest BCUT2D eigenvalue weighted by molar-refractivity contribution is 0.326. The quantitative estimate of drug-likeness (QED) is 0.394. The van der Waals surface area contributed by atoms with E-state index in [9.17, 15) is 0 Å². The average molecular weight is 464 g/mol. The van der Waals surface area contributed by atoms with Gasteiger partial charge >= 0.3 is 0 Å². The molecule has 3 heterocycles. The van der Waals surface area contributed by atoms with Crippen LogP contribution in [0.5, 0.6) is 5.88 Å². The molecule has 34 heavy (non-hydrogen) atoms. The molecule has 2 fully saturated rings. The molecule has 2 N–H and O–H groups in total. The molecule has 0 bridgehead atoms. The highest BCUT2D eigenvalue weighted by molar-refractivity contribution is 5.88. The van der Waals surface area contributed by atoms with Crippen LogP contribution in [0.25, 0.3) is 22.3 Å². The summed E-state index contributed by atoms with van der Waals surface area (Å²) in [7, 11) is 0. The summed E-state index contributed by atoms with van der Waals surface area (Å²) in [5.41, 5.74) is 3.44. The predicted octanol–water partition coefficient (Wildman–Crippen LogP) is 6.50. The summed E-state index contributed by atoms with van der Waals surface area (Å²) in [4.78, 5) is 14.3. The van der Waals surface area contributed by atoms with Gasteiger partial charge in [-0.25, -0.2) is 9.97 Å². The van der Waals surface area contributed by atoms with E-state index >= 15 is 0 Å². The number of anilines is 2. The summed E-state index contributed by atoms with van der Waals surface area (Å²) < 4.78 is 12.0. The topological polar surface area (TPSA) is 85.1 Å². The molecule has 2 aliphatic rings. The Balaban J connectivity index is 1.53. The SMILES string of the molecule is CCOc1cc2cc(-c3c(C)nc(NC4CCC4)nc3NC3CCC(C(C)C)C3)oc2c(C)n1. The van der Waals surface area contributed by atoms with Crippen molar-refractivity contribution in [3.05, 3.63) is 23.5 Å². The first-order valence-electron chi connectivity index (χ1n) is 12.9. The fourth-order valence-corrected chi connectivity index (χ4v) is 5.24. The molecular weight excluding hydrogens is 426 g/mol. The fourth-order valence-electron chi connectivity index (χ4n) is 5.24. The first kappa shape index (κ1) is 22.9. The lowest BCUT2D eigenvalue weighted by Crippen LogP contribution is -2.28. The van der Waals surface area contributed by atoms with E-state index in [0.29, 0.717) is 36.4 Å². The number of nitrogens with one attached hydrogen (secondary N) is 2. The van der Waals surface area contributed by atoms with Crippen LogP contribution in [0, 0.1) is 25.7 Å². The van der Waals surface area contributed by atoms with Crippen molar-refractivity contribution in [3.8, 4) is 17.2 Å². The van der Waals surface area contributed by atoms with Gasteiger partial charge in [-0.1, -0.05) is 13.8 Å². The van der Waals surface area contributed by atoms with Gasteiger partial charge in [0.25, 0.3) is 0 Å². The van der Waals surface area contributed by atoms with Gasteiger partial charge in [0.1, 0.15) is 11.6 Å². The van der Waals surface area contributed by atoms with Gasteiger partial charge in [-0.15, -0.1) is 0 Å². The Morgan fingerprint density at radius 1 is 1.00 bits per heavy atom. The van der Waals surface area contributed by atoms with Crippen molar-refractivity contribution in [3.63, 3.8) is 0 Å². The van der Waals surface area contributed by atoms with Crippen LogP contribution < -0.4 is 15.4 Å². The second-order valence-corrected chi connectivity index (χ2v) is 10.3. The molecule has 2 atom stereocenters. The van der Waals surface area contributed by atoms with Gasteiger partial charge in [0.15, 0.2) is 5.58 Å². The number of rotatable bonds is 8. The number of furan rings is 1. The number of pyridine rings is 1. The predicted molar refractivity (Wildman–Crippen MR) is 137 cm³/mol. The number of ether oxygens (including phenoxy) is 1. The van der Waals surface area contributed by atoms with Gasteiger partial charge < -0.3 is 19.8 Å². The summed E-state index contributed by atoms with van der Waals surface area (Å²) in [6.45, 7) is 11.2. The number of fused-ring (bicyclic) bond motifs is 1. The Bertz CT molecular complexity index is 1170. The Kier molecular flexibility index (Phi) is 6.36. The maximum Gasteiger partial charge on any atom is 0.225 e. The second kappa shape index (κ2) is 9.43. The largest absolute Gasteiger partial charge is 0.478 e. The normalized spacial score (nSPS) is 20.6. The molecule has 0 saturated heterocycles. The Hall–Kier alpha value is -2.83. The number of hydrogen-bond acceptors (Lipinski definition) is 7. The van der Waals surface area contributed by atoms with E-state index in [4.69, 9.17) is 19.1 Å². The third-order valence-electron chi connectivity index (χ3n) is 7.47. The van der Waals surface area contributed by atoms with E-state index in [1.807, 2.05) is 26.8 Å². The Labute approximate surface area is 202 Å². The molecule has 0 aromatic carbocycles. The molecule has 3 aromatic heterocycles. The summed E-state index contributed by atoms with van der Waals surface area (Å²) in [6, 6.07) is 4.90. The fraction of sp³-hybridized carbons (Fsp3) is 0.593. The van der Waals surface area contributed by atoms with E-state index in [0.717, 1.165) is 51.8 Å². The number of nitrogens with zero attached hydrogens (tertiary/aromatic N) is 3. The first-order valence-corrected chi connectivity index (χ1v) is 12.9. The first-order chi connectivity index (χ1) is 16.4. The van der Waals surface area contributed by atoms with Crippen molar-refractivity contribution in [2.75, 3.05) is 17.2 Å². The lowest BCUT2D eigenvalue weighted by Gasteiger charge is -2.27. The van der Waals surface area contributed by atoms with Gasteiger partial charge in [-0.3, -0.25) is 0 Å². The van der Waals surface area contributed by atoms with Gasteiger partial charge in [0, 0.05) is 23.5 Å². The third-order valence-corrected chi connectivity index (χ3v) is 7.47. The minimum atomic E-state index is 0.411. The van der Waals surface area contributed by atoms with Crippen molar-refractivity contribution in [2.24, 2.45) is 11.8 Å². The molecule has 5 rings (SSSR count). The summed E-state index contributed by atoms with van der Waals surface area (Å²) in [5, 5.41) is 8.29. The molecule has 0 radical (unpaired) electrons. The van der Waals surface area contributed by atoms with E-state index in [-0.39, 0.29) is 0 Å². The maximum absolute atomic E-state index is 6.36. The van der Waals surface area contributed by atoms with Crippen LogP contribution in [0.1, 0.15) is 70.7 Å². The third kappa shape index (κ3) is 4.57. The average Bonchev–Trinajstić information content (AvgIpc) is 3.38. The zero-order chi connectivity index (χ0) is 23.8. The monoisotopic (exact) mass is 463 g/mol. The molecule has 0 spiro atoms. The van der Waals surface area contributed by atoms with Gasteiger partial charge in [0.2, 0.25) is 11.8 Å². The Morgan fingerprint density at radius 3 is 2.50 bits per heavy atom. The van der Waals surface area contributed by atoms with E-state index in [1.54, 1.807) is 0 Å². The van der Waals surface area contributed by atoms with Crippen molar-refractivity contribution < 1.29 is 9.15 Å². The Morgan fingerprint density at radius 2 is 1.82 bits per heavy atom.